The summed E-state index contributed by atoms with van der Waals surface area (Å²) in [6.45, 7) is 8.34. The van der Waals surface area contributed by atoms with Crippen LogP contribution in [0, 0.1) is 11.6 Å². The molecule has 4 aromatic heterocycles. The first kappa shape index (κ1) is 35.1. The van der Waals surface area contributed by atoms with Gasteiger partial charge in [0.25, 0.3) is 5.89 Å². The Morgan fingerprint density at radius 2 is 1.57 bits per heavy atom. The monoisotopic (exact) mass is 743 g/mol. The van der Waals surface area contributed by atoms with Gasteiger partial charge in [0.05, 0.1) is 22.0 Å². The van der Waals surface area contributed by atoms with Crippen molar-refractivity contribution in [1.29, 1.82) is 0 Å². The third-order valence-electron chi connectivity index (χ3n) is 10.4. The lowest BCUT2D eigenvalue weighted by atomic mass is 10.1. The number of rotatable bonds is 7. The fourth-order valence-corrected chi connectivity index (χ4v) is 7.15. The first-order valence-electron chi connectivity index (χ1n) is 18.0. The fraction of sp³-hybridized carbons (Fsp3) is 0.417. The summed E-state index contributed by atoms with van der Waals surface area (Å²) in [4.78, 5) is 64.3. The number of urea groups is 1. The number of carbonyl (C=O) groups is 2. The molecule has 16 nitrogen and oxygen atoms in total. The highest BCUT2D eigenvalue weighted by Crippen LogP contribution is 2.39. The molecule has 2 N–H and O–H groups in total. The first-order chi connectivity index (χ1) is 26.0. The number of likely N-dealkylation sites (N-methyl/N-ethyl adjacent to an activating group) is 1. The highest BCUT2D eigenvalue weighted by molar-refractivity contribution is 6.00. The molecule has 2 aliphatic heterocycles. The molecular weight excluding hydrogens is 704 g/mol. The third-order valence-corrected chi connectivity index (χ3v) is 10.4. The fourth-order valence-electron chi connectivity index (χ4n) is 7.15. The molecule has 0 radical (unpaired) electrons. The largest absolute Gasteiger partial charge is 0.403 e. The summed E-state index contributed by atoms with van der Waals surface area (Å²) >= 11 is 0. The number of nitrogens with zero attached hydrogens (tertiary/aromatic N) is 9. The summed E-state index contributed by atoms with van der Waals surface area (Å²) < 4.78 is 40.2. The number of aromatic nitrogens is 5. The predicted octanol–water partition coefficient (Wildman–Crippen LogP) is 3.46. The Balaban J connectivity index is 1.03. The topological polar surface area (TPSA) is 167 Å². The molecule has 3 amide bonds. The van der Waals surface area contributed by atoms with Crippen LogP contribution in [0.25, 0.3) is 33.4 Å². The molecule has 3 aliphatic rings. The Morgan fingerprint density at radius 3 is 2.26 bits per heavy atom. The van der Waals surface area contributed by atoms with Crippen LogP contribution in [0.15, 0.2) is 44.6 Å². The van der Waals surface area contributed by atoms with Gasteiger partial charge >= 0.3 is 12.0 Å². The summed E-state index contributed by atoms with van der Waals surface area (Å²) in [5, 5.41) is 12.9. The molecule has 5 aromatic rings. The molecule has 8 rings (SSSR count). The minimum absolute atomic E-state index is 0.0113. The van der Waals surface area contributed by atoms with E-state index < -0.39 is 28.5 Å². The normalized spacial score (nSPS) is 16.7. The van der Waals surface area contributed by atoms with Crippen molar-refractivity contribution in [3.05, 3.63) is 62.7 Å². The molecule has 54 heavy (non-hydrogen) atoms. The minimum atomic E-state index is -0.878. The lowest BCUT2D eigenvalue weighted by molar-refractivity contribution is -0.129. The number of anilines is 4. The van der Waals surface area contributed by atoms with E-state index >= 15 is 8.78 Å². The minimum Gasteiger partial charge on any atom is -0.403 e. The number of nitrogens with one attached hydrogen (secondary N) is 2. The van der Waals surface area contributed by atoms with Crippen molar-refractivity contribution in [1.82, 2.24) is 34.1 Å². The molecule has 0 bridgehead atoms. The lowest BCUT2D eigenvalue weighted by Crippen LogP contribution is -2.48. The van der Waals surface area contributed by atoms with Gasteiger partial charge in [-0.25, -0.2) is 18.6 Å². The van der Waals surface area contributed by atoms with Gasteiger partial charge in [-0.3, -0.25) is 19.7 Å². The van der Waals surface area contributed by atoms with E-state index in [4.69, 9.17) is 4.42 Å². The quantitative estimate of drug-likeness (QED) is 0.251. The van der Waals surface area contributed by atoms with Gasteiger partial charge in [0.1, 0.15) is 22.7 Å². The van der Waals surface area contributed by atoms with Gasteiger partial charge in [0.15, 0.2) is 11.6 Å². The summed E-state index contributed by atoms with van der Waals surface area (Å²) in [5.74, 6) is -1.25. The van der Waals surface area contributed by atoms with Crippen LogP contribution < -0.4 is 31.3 Å². The standard InChI is InChI=1S/C36H39F2N11O5/c1-4-45-18-24(30(51)23-16-26(38)33(40-32(23)45)48-9-7-44(3)8-10-48)34-42-43-36(54-34)41-35(53)39-27-19-49(21-5-6-21)28-17-29(25(37)15-22(28)31(27)52)47-13-11-46(12-14-47)20(2)50/h15-19,21H,4-14H2,1-3H3,(H2,39,41,43,53). The lowest BCUT2D eigenvalue weighted by Gasteiger charge is -2.36. The van der Waals surface area contributed by atoms with Crippen molar-refractivity contribution in [2.24, 2.45) is 0 Å². The highest BCUT2D eigenvalue weighted by atomic mass is 19.1. The zero-order valence-electron chi connectivity index (χ0n) is 30.1. The Bertz CT molecular complexity index is 2430. The van der Waals surface area contributed by atoms with Crippen LogP contribution in [-0.2, 0) is 11.3 Å². The molecule has 6 heterocycles. The average Bonchev–Trinajstić information content (AvgIpc) is 3.91. The zero-order valence-corrected chi connectivity index (χ0v) is 30.1. The number of pyridine rings is 3. The van der Waals surface area contributed by atoms with Crippen LogP contribution in [0.5, 0.6) is 0 Å². The Morgan fingerprint density at radius 1 is 0.870 bits per heavy atom. The number of fused-ring (bicyclic) bond motifs is 2. The van der Waals surface area contributed by atoms with Crippen molar-refractivity contribution in [3.63, 3.8) is 0 Å². The maximum absolute atomic E-state index is 15.6. The summed E-state index contributed by atoms with van der Waals surface area (Å²) in [5.41, 5.74) is -0.0467. The zero-order chi connectivity index (χ0) is 37.8. The van der Waals surface area contributed by atoms with Gasteiger partial charge in [-0.1, -0.05) is 5.10 Å². The number of piperazine rings is 2. The number of aryl methyl sites for hydroxylation is 1. The molecule has 3 fully saturated rings. The maximum Gasteiger partial charge on any atom is 0.327 e. The van der Waals surface area contributed by atoms with Crippen LogP contribution in [0.4, 0.5) is 36.8 Å². The van der Waals surface area contributed by atoms with E-state index in [0.717, 1.165) is 25.9 Å². The molecular formula is C36H39F2N11O5. The van der Waals surface area contributed by atoms with Gasteiger partial charge in [-0.15, -0.1) is 5.10 Å². The SMILES string of the molecule is CCn1cc(-c2nnc(NC(=O)Nc3cn(C4CC4)c4cc(N5CCN(C(C)=O)CC5)c(F)cc4c3=O)o2)c(=O)c2cc(F)c(N3CCN(C)CC3)nc21. The van der Waals surface area contributed by atoms with Crippen LogP contribution in [0.2, 0.25) is 0 Å². The van der Waals surface area contributed by atoms with E-state index in [1.165, 1.54) is 25.3 Å². The molecule has 0 unspecified atom stereocenters. The molecule has 0 atom stereocenters. The maximum atomic E-state index is 15.6. The average molecular weight is 744 g/mol. The summed E-state index contributed by atoms with van der Waals surface area (Å²) in [6.07, 6.45) is 4.76. The summed E-state index contributed by atoms with van der Waals surface area (Å²) in [7, 11) is 2.00. The number of carbonyl (C=O) groups excluding carboxylic acids is 2. The Hall–Kier alpha value is -5.91. The van der Waals surface area contributed by atoms with Crippen molar-refractivity contribution in [3.8, 4) is 11.5 Å². The van der Waals surface area contributed by atoms with Crippen molar-refractivity contribution >= 4 is 57.1 Å². The second kappa shape index (κ2) is 13.8. The van der Waals surface area contributed by atoms with Crippen molar-refractivity contribution in [2.45, 2.75) is 39.3 Å². The van der Waals surface area contributed by atoms with Gasteiger partial charge in [-0.2, -0.15) is 0 Å². The Kier molecular flexibility index (Phi) is 8.99. The number of halogens is 2. The second-order valence-corrected chi connectivity index (χ2v) is 13.9. The number of amides is 3. The van der Waals surface area contributed by atoms with Gasteiger partial charge < -0.3 is 38.5 Å². The van der Waals surface area contributed by atoms with Crippen LogP contribution in [-0.4, -0.2) is 105 Å². The van der Waals surface area contributed by atoms with Gasteiger partial charge in [-0.05, 0) is 45.0 Å². The number of hydrogen-bond acceptors (Lipinski definition) is 11. The first-order valence-corrected chi connectivity index (χ1v) is 18.0. The molecule has 1 aliphatic carbocycles. The third kappa shape index (κ3) is 6.50. The molecule has 0 spiro atoms. The van der Waals surface area contributed by atoms with Crippen LogP contribution in [0.1, 0.15) is 32.7 Å². The van der Waals surface area contributed by atoms with E-state index in [-0.39, 0.29) is 51.7 Å². The molecule has 18 heteroatoms. The van der Waals surface area contributed by atoms with E-state index in [9.17, 15) is 19.2 Å². The van der Waals surface area contributed by atoms with Gasteiger partial charge in [0, 0.05) is 84.3 Å². The molecule has 2 saturated heterocycles. The molecule has 1 aromatic carbocycles. The summed E-state index contributed by atoms with van der Waals surface area (Å²) in [6, 6.07) is 2.86. The highest BCUT2D eigenvalue weighted by Gasteiger charge is 2.29. The van der Waals surface area contributed by atoms with E-state index in [0.29, 0.717) is 62.7 Å². The van der Waals surface area contributed by atoms with Gasteiger partial charge in [0.2, 0.25) is 16.8 Å². The smallest absolute Gasteiger partial charge is 0.327 e. The molecule has 282 valence electrons. The van der Waals surface area contributed by atoms with Crippen molar-refractivity contribution < 1.29 is 22.8 Å². The van der Waals surface area contributed by atoms with Crippen LogP contribution in [0.3, 0.4) is 0 Å². The van der Waals surface area contributed by atoms with E-state index in [1.54, 1.807) is 21.7 Å². The van der Waals surface area contributed by atoms with E-state index in [1.807, 2.05) is 28.3 Å². The van der Waals surface area contributed by atoms with Crippen molar-refractivity contribution in [2.75, 3.05) is 79.8 Å². The predicted molar refractivity (Wildman–Crippen MR) is 198 cm³/mol. The number of benzene rings is 1. The van der Waals surface area contributed by atoms with Crippen LogP contribution >= 0.6 is 0 Å². The number of hydrogen-bond donors (Lipinski definition) is 2. The second-order valence-electron chi connectivity index (χ2n) is 13.9. The van der Waals surface area contributed by atoms with E-state index in [2.05, 4.69) is 30.7 Å². The molecule has 1 saturated carbocycles. The Labute approximate surface area is 306 Å².